The molecule has 24 heavy (non-hydrogen) atoms. The Balaban J connectivity index is 1.75. The number of benzene rings is 1. The number of amides is 1. The van der Waals surface area contributed by atoms with E-state index < -0.39 is 0 Å². The number of aromatic nitrogens is 1. The highest BCUT2D eigenvalue weighted by molar-refractivity contribution is 6.30. The Kier molecular flexibility index (Phi) is 3.70. The van der Waals surface area contributed by atoms with Crippen molar-refractivity contribution in [2.24, 2.45) is 0 Å². The largest absolute Gasteiger partial charge is 0.384 e. The van der Waals surface area contributed by atoms with Gasteiger partial charge in [-0.2, -0.15) is 0 Å². The highest BCUT2D eigenvalue weighted by atomic mass is 35.5. The molecule has 2 aromatic rings. The molecule has 0 aliphatic carbocycles. The molecule has 0 radical (unpaired) electrons. The SMILES string of the molecule is Nc1ccc(C(=O)N2CC3(CCNCC3)c3cc(Cl)ccc32)cn1. The standard InChI is InChI=1S/C18H19ClN4O/c19-13-2-3-15-14(9-13)18(5-7-21-8-6-18)11-23(15)17(24)12-1-4-16(20)22-10-12/h1-4,9-10,21H,5-8,11H2,(H2,20,22). The van der Waals surface area contributed by atoms with E-state index in [-0.39, 0.29) is 11.3 Å². The number of nitrogen functional groups attached to an aromatic ring is 1. The average Bonchev–Trinajstić information content (AvgIpc) is 2.89. The third-order valence-electron chi connectivity index (χ3n) is 5.12. The lowest BCUT2D eigenvalue weighted by Crippen LogP contribution is -2.44. The predicted molar refractivity (Wildman–Crippen MR) is 95.6 cm³/mol. The molecule has 1 spiro atoms. The summed E-state index contributed by atoms with van der Waals surface area (Å²) < 4.78 is 0. The van der Waals surface area contributed by atoms with Crippen LogP contribution in [-0.2, 0) is 5.41 Å². The first-order chi connectivity index (χ1) is 11.6. The van der Waals surface area contributed by atoms with Gasteiger partial charge in [-0.25, -0.2) is 4.98 Å². The second-order valence-corrected chi connectivity index (χ2v) is 6.99. The molecule has 124 valence electrons. The molecule has 3 heterocycles. The summed E-state index contributed by atoms with van der Waals surface area (Å²) in [7, 11) is 0. The van der Waals surface area contributed by atoms with E-state index in [1.807, 2.05) is 23.1 Å². The van der Waals surface area contributed by atoms with Gasteiger partial charge >= 0.3 is 0 Å². The van der Waals surface area contributed by atoms with Crippen LogP contribution in [0.15, 0.2) is 36.5 Å². The van der Waals surface area contributed by atoms with Crippen molar-refractivity contribution >= 4 is 29.0 Å². The Bertz CT molecular complexity index is 784. The summed E-state index contributed by atoms with van der Waals surface area (Å²) in [6.07, 6.45) is 3.55. The lowest BCUT2D eigenvalue weighted by Gasteiger charge is -2.34. The number of nitrogens with two attached hydrogens (primary N) is 1. The molecular weight excluding hydrogens is 324 g/mol. The molecule has 1 amide bonds. The summed E-state index contributed by atoms with van der Waals surface area (Å²) >= 11 is 6.24. The van der Waals surface area contributed by atoms with Gasteiger partial charge in [0.15, 0.2) is 0 Å². The van der Waals surface area contributed by atoms with E-state index in [9.17, 15) is 4.79 Å². The second kappa shape index (κ2) is 5.76. The van der Waals surface area contributed by atoms with Gasteiger partial charge in [-0.05, 0) is 61.8 Å². The van der Waals surface area contributed by atoms with Crippen LogP contribution < -0.4 is 16.0 Å². The number of rotatable bonds is 1. The lowest BCUT2D eigenvalue weighted by atomic mass is 9.75. The Morgan fingerprint density at radius 1 is 1.25 bits per heavy atom. The predicted octanol–water partition coefficient (Wildman–Crippen LogP) is 2.60. The van der Waals surface area contributed by atoms with Crippen LogP contribution in [0.25, 0.3) is 0 Å². The molecule has 0 unspecified atom stereocenters. The minimum Gasteiger partial charge on any atom is -0.384 e. The topological polar surface area (TPSA) is 71.2 Å². The van der Waals surface area contributed by atoms with Gasteiger partial charge in [0.2, 0.25) is 0 Å². The first-order valence-electron chi connectivity index (χ1n) is 8.13. The smallest absolute Gasteiger partial charge is 0.259 e. The second-order valence-electron chi connectivity index (χ2n) is 6.55. The van der Waals surface area contributed by atoms with Gasteiger partial charge in [0.25, 0.3) is 5.91 Å². The third kappa shape index (κ3) is 2.44. The normalized spacial score (nSPS) is 18.6. The van der Waals surface area contributed by atoms with Gasteiger partial charge in [0.05, 0.1) is 5.56 Å². The fourth-order valence-corrected chi connectivity index (χ4v) is 4.02. The van der Waals surface area contributed by atoms with Crippen LogP contribution >= 0.6 is 11.6 Å². The third-order valence-corrected chi connectivity index (χ3v) is 5.36. The molecule has 3 N–H and O–H groups in total. The van der Waals surface area contributed by atoms with Crippen molar-refractivity contribution in [1.29, 1.82) is 0 Å². The maximum atomic E-state index is 13.0. The number of fused-ring (bicyclic) bond motifs is 2. The first kappa shape index (κ1) is 15.4. The molecule has 1 saturated heterocycles. The fraction of sp³-hybridized carbons (Fsp3) is 0.333. The van der Waals surface area contributed by atoms with Crippen LogP contribution in [0.2, 0.25) is 5.02 Å². The van der Waals surface area contributed by atoms with Gasteiger partial charge in [0.1, 0.15) is 5.82 Å². The van der Waals surface area contributed by atoms with Crippen LogP contribution in [0, 0.1) is 0 Å². The van der Waals surface area contributed by atoms with E-state index >= 15 is 0 Å². The first-order valence-corrected chi connectivity index (χ1v) is 8.51. The summed E-state index contributed by atoms with van der Waals surface area (Å²) in [5.74, 6) is 0.372. The molecule has 1 fully saturated rings. The number of anilines is 2. The van der Waals surface area contributed by atoms with E-state index in [0.717, 1.165) is 36.6 Å². The van der Waals surface area contributed by atoms with Crippen LogP contribution in [0.3, 0.4) is 0 Å². The van der Waals surface area contributed by atoms with Gasteiger partial charge < -0.3 is 16.0 Å². The number of hydrogen-bond acceptors (Lipinski definition) is 4. The quantitative estimate of drug-likeness (QED) is 0.835. The van der Waals surface area contributed by atoms with Crippen LogP contribution in [0.1, 0.15) is 28.8 Å². The van der Waals surface area contributed by atoms with Crippen LogP contribution in [0.5, 0.6) is 0 Å². The highest BCUT2D eigenvalue weighted by Gasteiger charge is 2.45. The Labute approximate surface area is 145 Å². The van der Waals surface area contributed by atoms with Crippen molar-refractivity contribution < 1.29 is 4.79 Å². The fourth-order valence-electron chi connectivity index (χ4n) is 3.84. The number of carbonyl (C=O) groups excluding carboxylic acids is 1. The summed E-state index contributed by atoms with van der Waals surface area (Å²) in [6.45, 7) is 2.60. The number of nitrogens with one attached hydrogen (secondary N) is 1. The molecule has 4 rings (SSSR count). The zero-order chi connectivity index (χ0) is 16.7. The van der Waals surface area contributed by atoms with Crippen LogP contribution in [0.4, 0.5) is 11.5 Å². The van der Waals surface area contributed by atoms with Crippen molar-refractivity contribution in [1.82, 2.24) is 10.3 Å². The number of pyridine rings is 1. The van der Waals surface area contributed by atoms with E-state index in [2.05, 4.69) is 10.3 Å². The molecular formula is C18H19ClN4O. The minimum absolute atomic E-state index is 0.0115. The summed E-state index contributed by atoms with van der Waals surface area (Å²) in [5.41, 5.74) is 8.32. The van der Waals surface area contributed by atoms with Crippen molar-refractivity contribution in [3.8, 4) is 0 Å². The van der Waals surface area contributed by atoms with Crippen molar-refractivity contribution in [3.05, 3.63) is 52.7 Å². The van der Waals surface area contributed by atoms with E-state index in [1.165, 1.54) is 5.56 Å². The van der Waals surface area contributed by atoms with Crippen molar-refractivity contribution in [2.45, 2.75) is 18.3 Å². The zero-order valence-corrected chi connectivity index (χ0v) is 14.0. The number of hydrogen-bond donors (Lipinski definition) is 2. The summed E-state index contributed by atoms with van der Waals surface area (Å²) in [4.78, 5) is 18.9. The van der Waals surface area contributed by atoms with Gasteiger partial charge in [-0.3, -0.25) is 4.79 Å². The van der Waals surface area contributed by atoms with Gasteiger partial charge in [-0.1, -0.05) is 11.6 Å². The molecule has 1 aromatic heterocycles. The van der Waals surface area contributed by atoms with E-state index in [1.54, 1.807) is 18.3 Å². The summed E-state index contributed by atoms with van der Waals surface area (Å²) in [6, 6.07) is 9.22. The molecule has 6 heteroatoms. The molecule has 2 aliphatic rings. The van der Waals surface area contributed by atoms with E-state index in [0.29, 0.717) is 17.9 Å². The lowest BCUT2D eigenvalue weighted by molar-refractivity contribution is 0.0982. The summed E-state index contributed by atoms with van der Waals surface area (Å²) in [5, 5.41) is 4.12. The number of halogens is 1. The van der Waals surface area contributed by atoms with Crippen molar-refractivity contribution in [2.75, 3.05) is 30.3 Å². The Morgan fingerprint density at radius 3 is 2.75 bits per heavy atom. The zero-order valence-electron chi connectivity index (χ0n) is 13.3. The Hall–Kier alpha value is -2.11. The highest BCUT2D eigenvalue weighted by Crippen LogP contribution is 2.47. The molecule has 1 aromatic carbocycles. The van der Waals surface area contributed by atoms with E-state index in [4.69, 9.17) is 17.3 Å². The Morgan fingerprint density at radius 2 is 2.04 bits per heavy atom. The molecule has 0 atom stereocenters. The molecule has 0 saturated carbocycles. The van der Waals surface area contributed by atoms with Crippen molar-refractivity contribution in [3.63, 3.8) is 0 Å². The molecule has 2 aliphatic heterocycles. The maximum Gasteiger partial charge on any atom is 0.259 e. The molecule has 0 bridgehead atoms. The van der Waals surface area contributed by atoms with Gasteiger partial charge in [-0.15, -0.1) is 0 Å². The minimum atomic E-state index is -0.0403. The molecule has 5 nitrogen and oxygen atoms in total. The number of nitrogens with zero attached hydrogens (tertiary/aromatic N) is 2. The van der Waals surface area contributed by atoms with Gasteiger partial charge in [0, 0.05) is 28.9 Å². The monoisotopic (exact) mass is 342 g/mol. The van der Waals surface area contributed by atoms with Crippen LogP contribution in [-0.4, -0.2) is 30.5 Å². The average molecular weight is 343 g/mol. The number of piperidine rings is 1. The number of carbonyl (C=O) groups is 1. The maximum absolute atomic E-state index is 13.0.